The van der Waals surface area contributed by atoms with Crippen LogP contribution in [-0.4, -0.2) is 32.9 Å². The van der Waals surface area contributed by atoms with Gasteiger partial charge in [0.05, 0.1) is 32.9 Å². The van der Waals surface area contributed by atoms with Gasteiger partial charge in [0.1, 0.15) is 5.69 Å². The molecule has 0 spiro atoms. The maximum Gasteiger partial charge on any atom is 0.338 e. The first-order chi connectivity index (χ1) is 13.8. The molecule has 3 rings (SSSR count). The van der Waals surface area contributed by atoms with Crippen LogP contribution in [0.2, 0.25) is 0 Å². The molecule has 0 unspecified atom stereocenters. The molecule has 0 aliphatic carbocycles. The summed E-state index contributed by atoms with van der Waals surface area (Å²) >= 11 is 0. The first-order valence-electron chi connectivity index (χ1n) is 8.76. The van der Waals surface area contributed by atoms with Crippen LogP contribution in [0.15, 0.2) is 42.5 Å². The van der Waals surface area contributed by atoms with E-state index in [0.29, 0.717) is 11.0 Å². The van der Waals surface area contributed by atoms with Gasteiger partial charge in [0, 0.05) is 6.07 Å². The van der Waals surface area contributed by atoms with Crippen LogP contribution in [0.1, 0.15) is 28.7 Å². The number of nitrogens with zero attached hydrogens (tertiary/aromatic N) is 3. The lowest BCUT2D eigenvalue weighted by Gasteiger charge is -2.14. The molecule has 9 heteroatoms. The monoisotopic (exact) mass is 394 g/mol. The van der Waals surface area contributed by atoms with Crippen LogP contribution in [-0.2, 0) is 9.53 Å². The Bertz CT molecular complexity index is 1130. The van der Waals surface area contributed by atoms with E-state index in [1.807, 2.05) is 13.8 Å². The Labute approximate surface area is 165 Å². The van der Waals surface area contributed by atoms with Crippen LogP contribution in [0.25, 0.3) is 11.0 Å². The fourth-order valence-electron chi connectivity index (χ4n) is 2.61. The third kappa shape index (κ3) is 4.34. The molecule has 1 amide bonds. The number of hydrogen-bond donors (Lipinski definition) is 1. The van der Waals surface area contributed by atoms with Crippen molar-refractivity contribution in [2.24, 2.45) is 0 Å². The first kappa shape index (κ1) is 19.9. The SMILES string of the molecule is Cc1nc2ccc(C(=O)O[C@H](C)C(=O)Nc3ccccc3[N+](=O)[O-])cc2nc1C. The lowest BCUT2D eigenvalue weighted by molar-refractivity contribution is -0.383. The minimum Gasteiger partial charge on any atom is -0.449 e. The van der Waals surface area contributed by atoms with Crippen molar-refractivity contribution >= 4 is 34.3 Å². The van der Waals surface area contributed by atoms with E-state index in [2.05, 4.69) is 15.3 Å². The molecule has 0 saturated heterocycles. The molecule has 9 nitrogen and oxygen atoms in total. The zero-order valence-electron chi connectivity index (χ0n) is 16.0. The molecule has 1 N–H and O–H groups in total. The maximum atomic E-state index is 12.4. The van der Waals surface area contributed by atoms with E-state index in [1.165, 1.54) is 25.1 Å². The molecule has 29 heavy (non-hydrogen) atoms. The summed E-state index contributed by atoms with van der Waals surface area (Å²) in [7, 11) is 0. The number of nitro groups is 1. The van der Waals surface area contributed by atoms with Gasteiger partial charge in [0.25, 0.3) is 11.6 Å². The Morgan fingerprint density at radius 2 is 1.72 bits per heavy atom. The quantitative estimate of drug-likeness (QED) is 0.400. The van der Waals surface area contributed by atoms with E-state index in [9.17, 15) is 19.7 Å². The van der Waals surface area contributed by atoms with Crippen LogP contribution < -0.4 is 5.32 Å². The van der Waals surface area contributed by atoms with Crippen molar-refractivity contribution in [1.82, 2.24) is 9.97 Å². The number of amides is 1. The van der Waals surface area contributed by atoms with Gasteiger partial charge in [0.2, 0.25) is 0 Å². The predicted molar refractivity (Wildman–Crippen MR) is 106 cm³/mol. The summed E-state index contributed by atoms with van der Waals surface area (Å²) < 4.78 is 5.20. The number of rotatable bonds is 5. The minimum absolute atomic E-state index is 0.0252. The summed E-state index contributed by atoms with van der Waals surface area (Å²) in [5.41, 5.74) is 2.73. The highest BCUT2D eigenvalue weighted by atomic mass is 16.6. The predicted octanol–water partition coefficient (Wildman–Crippen LogP) is 3.34. The average Bonchev–Trinajstić information content (AvgIpc) is 2.68. The number of benzene rings is 2. The number of fused-ring (bicyclic) bond motifs is 1. The summed E-state index contributed by atoms with van der Waals surface area (Å²) in [6.07, 6.45) is -1.16. The second-order valence-corrected chi connectivity index (χ2v) is 6.41. The number of esters is 1. The Kier molecular flexibility index (Phi) is 5.49. The van der Waals surface area contributed by atoms with Gasteiger partial charge in [-0.1, -0.05) is 12.1 Å². The number of carbonyl (C=O) groups is 2. The molecule has 148 valence electrons. The van der Waals surface area contributed by atoms with Gasteiger partial charge >= 0.3 is 5.97 Å². The second kappa shape index (κ2) is 8.01. The van der Waals surface area contributed by atoms with E-state index in [4.69, 9.17) is 4.74 Å². The van der Waals surface area contributed by atoms with Crippen molar-refractivity contribution in [1.29, 1.82) is 0 Å². The molecular formula is C20H18N4O5. The van der Waals surface area contributed by atoms with E-state index < -0.39 is 22.9 Å². The molecule has 0 aliphatic rings. The summed E-state index contributed by atoms with van der Waals surface area (Å²) in [4.78, 5) is 44.0. The standard InChI is InChI=1S/C20H18N4O5/c1-11-12(2)22-17-10-14(8-9-15(17)21-11)20(26)29-13(3)19(25)23-16-6-4-5-7-18(16)24(27)28/h4-10,13H,1-3H3,(H,23,25)/t13-/m1/s1. The fourth-order valence-corrected chi connectivity index (χ4v) is 2.61. The van der Waals surface area contributed by atoms with Crippen LogP contribution in [0.4, 0.5) is 11.4 Å². The van der Waals surface area contributed by atoms with E-state index in [1.54, 1.807) is 24.3 Å². The highest BCUT2D eigenvalue weighted by Gasteiger charge is 2.22. The normalized spacial score (nSPS) is 11.7. The molecular weight excluding hydrogens is 376 g/mol. The second-order valence-electron chi connectivity index (χ2n) is 6.41. The summed E-state index contributed by atoms with van der Waals surface area (Å²) in [6, 6.07) is 10.5. The van der Waals surface area contributed by atoms with Crippen molar-refractivity contribution in [3.05, 3.63) is 69.5 Å². The molecule has 1 aromatic heterocycles. The third-order valence-electron chi connectivity index (χ3n) is 4.32. The largest absolute Gasteiger partial charge is 0.449 e. The molecule has 0 fully saturated rings. The van der Waals surface area contributed by atoms with Gasteiger partial charge < -0.3 is 10.1 Å². The topological polar surface area (TPSA) is 124 Å². The highest BCUT2D eigenvalue weighted by Crippen LogP contribution is 2.23. The van der Waals surface area contributed by atoms with Gasteiger partial charge in [-0.2, -0.15) is 0 Å². The molecule has 0 bridgehead atoms. The molecule has 2 aromatic carbocycles. The van der Waals surface area contributed by atoms with Crippen LogP contribution in [0.3, 0.4) is 0 Å². The number of carbonyl (C=O) groups excluding carboxylic acids is 2. The average molecular weight is 394 g/mol. The zero-order valence-corrected chi connectivity index (χ0v) is 16.0. The molecule has 0 saturated carbocycles. The van der Waals surface area contributed by atoms with Crippen molar-refractivity contribution in [2.45, 2.75) is 26.9 Å². The summed E-state index contributed by atoms with van der Waals surface area (Å²) in [5.74, 6) is -1.39. The van der Waals surface area contributed by atoms with Crippen molar-refractivity contribution in [3.63, 3.8) is 0 Å². The lowest BCUT2D eigenvalue weighted by Crippen LogP contribution is -2.30. The Morgan fingerprint density at radius 3 is 2.41 bits per heavy atom. The summed E-state index contributed by atoms with van der Waals surface area (Å²) in [5, 5.41) is 13.5. The first-order valence-corrected chi connectivity index (χ1v) is 8.76. The lowest BCUT2D eigenvalue weighted by atomic mass is 10.2. The number of aryl methyl sites for hydroxylation is 2. The molecule has 0 radical (unpaired) electrons. The maximum absolute atomic E-state index is 12.4. The number of para-hydroxylation sites is 2. The van der Waals surface area contributed by atoms with Gasteiger partial charge in [-0.25, -0.2) is 14.8 Å². The highest BCUT2D eigenvalue weighted by molar-refractivity contribution is 5.99. The van der Waals surface area contributed by atoms with Crippen molar-refractivity contribution < 1.29 is 19.2 Å². The Hall–Kier alpha value is -3.88. The molecule has 1 atom stereocenters. The summed E-state index contributed by atoms with van der Waals surface area (Å²) in [6.45, 7) is 5.06. The smallest absolute Gasteiger partial charge is 0.338 e. The van der Waals surface area contributed by atoms with E-state index >= 15 is 0 Å². The van der Waals surface area contributed by atoms with Crippen LogP contribution in [0.5, 0.6) is 0 Å². The zero-order chi connectivity index (χ0) is 21.1. The minimum atomic E-state index is -1.16. The third-order valence-corrected chi connectivity index (χ3v) is 4.32. The van der Waals surface area contributed by atoms with Gasteiger partial charge in [-0.15, -0.1) is 0 Å². The molecule has 1 heterocycles. The number of hydrogen-bond acceptors (Lipinski definition) is 7. The van der Waals surface area contributed by atoms with Gasteiger partial charge in [0.15, 0.2) is 6.10 Å². The van der Waals surface area contributed by atoms with Crippen LogP contribution >= 0.6 is 0 Å². The number of nitrogens with one attached hydrogen (secondary N) is 1. The van der Waals surface area contributed by atoms with Crippen molar-refractivity contribution in [2.75, 3.05) is 5.32 Å². The Morgan fingerprint density at radius 1 is 1.07 bits per heavy atom. The van der Waals surface area contributed by atoms with Gasteiger partial charge in [-0.05, 0) is 45.0 Å². The molecule has 3 aromatic rings. The van der Waals surface area contributed by atoms with E-state index in [0.717, 1.165) is 11.4 Å². The van der Waals surface area contributed by atoms with Crippen molar-refractivity contribution in [3.8, 4) is 0 Å². The number of ether oxygens (including phenoxy) is 1. The number of aromatic nitrogens is 2. The van der Waals surface area contributed by atoms with Gasteiger partial charge in [-0.3, -0.25) is 14.9 Å². The number of anilines is 1. The number of nitro benzene ring substituents is 1. The molecule has 0 aliphatic heterocycles. The van der Waals surface area contributed by atoms with Crippen LogP contribution in [0, 0.1) is 24.0 Å². The Balaban J connectivity index is 1.73. The van der Waals surface area contributed by atoms with E-state index in [-0.39, 0.29) is 16.9 Å². The fraction of sp³-hybridized carbons (Fsp3) is 0.200.